The summed E-state index contributed by atoms with van der Waals surface area (Å²) in [4.78, 5) is 26.4. The van der Waals surface area contributed by atoms with E-state index in [-0.39, 0.29) is 11.5 Å². The molecule has 2 aliphatic rings. The smallest absolute Gasteiger partial charge is 0.337 e. The van der Waals surface area contributed by atoms with E-state index in [1.807, 2.05) is 30.3 Å². The molecule has 0 aromatic heterocycles. The van der Waals surface area contributed by atoms with Crippen LogP contribution in [0.25, 0.3) is 0 Å². The quantitative estimate of drug-likeness (QED) is 0.818. The van der Waals surface area contributed by atoms with Crippen LogP contribution in [0.1, 0.15) is 24.9 Å². The number of benzene rings is 1. The fourth-order valence-corrected chi connectivity index (χ4v) is 5.15. The normalized spacial score (nSPS) is 25.7. The Bertz CT molecular complexity index is 832. The molecular formula is C17H20N2O5S. The molecule has 1 fully saturated rings. The monoisotopic (exact) mass is 364 g/mol. The van der Waals surface area contributed by atoms with Crippen LogP contribution in [0.4, 0.5) is 4.79 Å². The minimum atomic E-state index is -3.16. The van der Waals surface area contributed by atoms with E-state index in [0.29, 0.717) is 17.7 Å². The van der Waals surface area contributed by atoms with Crippen LogP contribution in [0, 0.1) is 0 Å². The SMILES string of the molecule is COC(=O)C1=C(C)N(C2CCS(=O)(=O)C2)C(=O)NC1c1ccccc1. The first-order valence-corrected chi connectivity index (χ1v) is 9.80. The van der Waals surface area contributed by atoms with Gasteiger partial charge in [-0.2, -0.15) is 0 Å². The standard InChI is InChI=1S/C17H20N2O5S/c1-11-14(16(20)24-2)15(12-6-4-3-5-7-12)18-17(21)19(11)13-8-9-25(22,23)10-13/h3-7,13,15H,8-10H2,1-2H3,(H,18,21). The van der Waals surface area contributed by atoms with E-state index in [9.17, 15) is 18.0 Å². The van der Waals surface area contributed by atoms with Gasteiger partial charge in [0.1, 0.15) is 0 Å². The van der Waals surface area contributed by atoms with Gasteiger partial charge >= 0.3 is 12.0 Å². The molecule has 2 heterocycles. The highest BCUT2D eigenvalue weighted by atomic mass is 32.2. The fourth-order valence-electron chi connectivity index (χ4n) is 3.45. The average Bonchev–Trinajstić information content (AvgIpc) is 2.94. The predicted molar refractivity (Wildman–Crippen MR) is 91.3 cm³/mol. The van der Waals surface area contributed by atoms with Gasteiger partial charge in [-0.05, 0) is 18.9 Å². The van der Waals surface area contributed by atoms with Crippen LogP contribution in [-0.4, -0.2) is 50.0 Å². The minimum Gasteiger partial charge on any atom is -0.466 e. The Morgan fingerprint density at radius 2 is 1.96 bits per heavy atom. The molecule has 2 aliphatic heterocycles. The molecule has 3 rings (SSSR count). The second kappa shape index (κ2) is 6.51. The predicted octanol–water partition coefficient (Wildman–Crippen LogP) is 1.39. The van der Waals surface area contributed by atoms with Crippen molar-refractivity contribution in [1.29, 1.82) is 0 Å². The molecule has 1 aromatic carbocycles. The Hall–Kier alpha value is -2.35. The van der Waals surface area contributed by atoms with Gasteiger partial charge in [0.05, 0.1) is 36.3 Å². The lowest BCUT2D eigenvalue weighted by Crippen LogP contribution is -2.52. The number of ether oxygens (including phenoxy) is 1. The number of hydrogen-bond acceptors (Lipinski definition) is 5. The number of methoxy groups -OCH3 is 1. The molecule has 134 valence electrons. The zero-order valence-corrected chi connectivity index (χ0v) is 14.9. The number of rotatable bonds is 3. The fraction of sp³-hybridized carbons (Fsp3) is 0.412. The summed E-state index contributed by atoms with van der Waals surface area (Å²) in [6.07, 6.45) is 0.359. The maximum atomic E-state index is 12.7. The van der Waals surface area contributed by atoms with E-state index < -0.39 is 33.9 Å². The van der Waals surface area contributed by atoms with Gasteiger partial charge in [-0.3, -0.25) is 4.90 Å². The maximum absolute atomic E-state index is 12.7. The summed E-state index contributed by atoms with van der Waals surface area (Å²) in [7, 11) is -1.88. The highest BCUT2D eigenvalue weighted by Gasteiger charge is 2.42. The minimum absolute atomic E-state index is 0.0460. The van der Waals surface area contributed by atoms with Gasteiger partial charge < -0.3 is 10.1 Å². The number of allylic oxidation sites excluding steroid dienone is 1. The Morgan fingerprint density at radius 3 is 2.52 bits per heavy atom. The van der Waals surface area contributed by atoms with Gasteiger partial charge in [-0.25, -0.2) is 18.0 Å². The van der Waals surface area contributed by atoms with Crippen LogP contribution in [0.3, 0.4) is 0 Å². The van der Waals surface area contributed by atoms with Crippen LogP contribution in [0.2, 0.25) is 0 Å². The summed E-state index contributed by atoms with van der Waals surface area (Å²) in [6, 6.07) is 7.62. The number of carbonyl (C=O) groups is 2. The van der Waals surface area contributed by atoms with Gasteiger partial charge in [0.15, 0.2) is 9.84 Å². The summed E-state index contributed by atoms with van der Waals surface area (Å²) in [5.74, 6) is -0.593. The topological polar surface area (TPSA) is 92.8 Å². The summed E-state index contributed by atoms with van der Waals surface area (Å²) < 4.78 is 28.5. The van der Waals surface area contributed by atoms with Crippen LogP contribution in [-0.2, 0) is 19.4 Å². The second-order valence-corrected chi connectivity index (χ2v) is 8.44. The molecule has 2 unspecified atom stereocenters. The van der Waals surface area contributed by atoms with Gasteiger partial charge in [0, 0.05) is 5.70 Å². The molecule has 1 aromatic rings. The zero-order chi connectivity index (χ0) is 18.2. The molecule has 25 heavy (non-hydrogen) atoms. The Kier molecular flexibility index (Phi) is 4.55. The molecule has 7 nitrogen and oxygen atoms in total. The maximum Gasteiger partial charge on any atom is 0.337 e. The van der Waals surface area contributed by atoms with Crippen molar-refractivity contribution < 1.29 is 22.7 Å². The summed E-state index contributed by atoms with van der Waals surface area (Å²) >= 11 is 0. The Morgan fingerprint density at radius 1 is 1.28 bits per heavy atom. The van der Waals surface area contributed by atoms with Crippen molar-refractivity contribution in [3.8, 4) is 0 Å². The molecule has 0 radical (unpaired) electrons. The van der Waals surface area contributed by atoms with Gasteiger partial charge in [0.25, 0.3) is 0 Å². The van der Waals surface area contributed by atoms with E-state index in [2.05, 4.69) is 5.32 Å². The molecule has 1 saturated heterocycles. The third-order valence-corrected chi connectivity index (χ3v) is 6.39. The number of urea groups is 1. The van der Waals surface area contributed by atoms with E-state index >= 15 is 0 Å². The zero-order valence-electron chi connectivity index (χ0n) is 14.1. The summed E-state index contributed by atoms with van der Waals surface area (Å²) in [5.41, 5.74) is 1.51. The van der Waals surface area contributed by atoms with Crippen LogP contribution >= 0.6 is 0 Å². The first kappa shape index (κ1) is 17.5. The molecule has 0 bridgehead atoms. The van der Waals surface area contributed by atoms with E-state index in [1.165, 1.54) is 12.0 Å². The van der Waals surface area contributed by atoms with E-state index in [4.69, 9.17) is 4.74 Å². The third kappa shape index (κ3) is 3.26. The first-order chi connectivity index (χ1) is 11.8. The molecule has 8 heteroatoms. The number of nitrogens with zero attached hydrogens (tertiary/aromatic N) is 1. The molecule has 2 atom stereocenters. The number of hydrogen-bond donors (Lipinski definition) is 1. The number of carbonyl (C=O) groups excluding carboxylic acids is 2. The molecule has 1 N–H and O–H groups in total. The lowest BCUT2D eigenvalue weighted by atomic mass is 9.94. The number of nitrogens with one attached hydrogen (secondary N) is 1. The molecular weight excluding hydrogens is 344 g/mol. The van der Waals surface area contributed by atoms with Crippen molar-refractivity contribution in [3.05, 3.63) is 47.2 Å². The molecule has 0 saturated carbocycles. The van der Waals surface area contributed by atoms with Crippen molar-refractivity contribution in [2.24, 2.45) is 0 Å². The number of esters is 1. The Labute approximate surface area is 146 Å². The first-order valence-electron chi connectivity index (χ1n) is 7.98. The molecule has 0 spiro atoms. The molecule has 0 aliphatic carbocycles. The van der Waals surface area contributed by atoms with Gasteiger partial charge in [-0.1, -0.05) is 30.3 Å². The second-order valence-electron chi connectivity index (χ2n) is 6.21. The Balaban J connectivity index is 2.05. The van der Waals surface area contributed by atoms with Crippen molar-refractivity contribution in [2.45, 2.75) is 25.4 Å². The van der Waals surface area contributed by atoms with E-state index in [0.717, 1.165) is 5.56 Å². The van der Waals surface area contributed by atoms with Crippen LogP contribution in [0.15, 0.2) is 41.6 Å². The van der Waals surface area contributed by atoms with Gasteiger partial charge in [-0.15, -0.1) is 0 Å². The van der Waals surface area contributed by atoms with Crippen LogP contribution < -0.4 is 5.32 Å². The van der Waals surface area contributed by atoms with Crippen molar-refractivity contribution >= 4 is 21.8 Å². The highest BCUT2D eigenvalue weighted by molar-refractivity contribution is 7.91. The average molecular weight is 364 g/mol. The third-order valence-electron chi connectivity index (χ3n) is 4.64. The van der Waals surface area contributed by atoms with Crippen molar-refractivity contribution in [1.82, 2.24) is 10.2 Å². The largest absolute Gasteiger partial charge is 0.466 e. The number of sulfone groups is 1. The summed E-state index contributed by atoms with van der Waals surface area (Å²) in [6.45, 7) is 1.66. The molecule has 2 amide bonds. The van der Waals surface area contributed by atoms with Crippen molar-refractivity contribution in [2.75, 3.05) is 18.6 Å². The highest BCUT2D eigenvalue weighted by Crippen LogP contribution is 2.34. The summed E-state index contributed by atoms with van der Waals surface area (Å²) in [5, 5.41) is 2.82. The van der Waals surface area contributed by atoms with Crippen LogP contribution in [0.5, 0.6) is 0 Å². The lowest BCUT2D eigenvalue weighted by Gasteiger charge is -2.38. The van der Waals surface area contributed by atoms with Gasteiger partial charge in [0.2, 0.25) is 0 Å². The van der Waals surface area contributed by atoms with E-state index in [1.54, 1.807) is 6.92 Å². The number of amides is 2. The lowest BCUT2D eigenvalue weighted by molar-refractivity contribution is -0.136. The van der Waals surface area contributed by atoms with Crippen molar-refractivity contribution in [3.63, 3.8) is 0 Å².